The van der Waals surface area contributed by atoms with Gasteiger partial charge in [0.05, 0.1) is 12.2 Å². The van der Waals surface area contributed by atoms with Crippen LogP contribution >= 0.6 is 11.8 Å². The molecular weight excluding hydrogens is 260 g/mol. The van der Waals surface area contributed by atoms with E-state index in [2.05, 4.69) is 22.0 Å². The van der Waals surface area contributed by atoms with E-state index >= 15 is 0 Å². The van der Waals surface area contributed by atoms with Crippen molar-refractivity contribution in [1.82, 2.24) is 0 Å². The molecule has 4 rings (SSSR count). The summed E-state index contributed by atoms with van der Waals surface area (Å²) in [4.78, 5) is 18.6. The van der Waals surface area contributed by atoms with Gasteiger partial charge in [0.1, 0.15) is 5.76 Å². The van der Waals surface area contributed by atoms with Gasteiger partial charge in [0.15, 0.2) is 17.2 Å². The van der Waals surface area contributed by atoms with Gasteiger partial charge >= 0.3 is 0 Å². The lowest BCUT2D eigenvalue weighted by Gasteiger charge is -2.12. The lowest BCUT2D eigenvalue weighted by atomic mass is 10.1. The first-order chi connectivity index (χ1) is 9.35. The van der Waals surface area contributed by atoms with Gasteiger partial charge in [-0.3, -0.25) is 9.79 Å². The Labute approximate surface area is 114 Å². The van der Waals surface area contributed by atoms with E-state index in [1.54, 1.807) is 17.8 Å². The average molecular weight is 270 g/mol. The molecule has 5 heteroatoms. The zero-order chi connectivity index (χ0) is 12.8. The number of carbonyl (C=O) groups excluding carboxylic acids is 1. The third-order valence-electron chi connectivity index (χ3n) is 3.28. The molecule has 2 aromatic rings. The van der Waals surface area contributed by atoms with Crippen LogP contribution in [0.25, 0.3) is 11.3 Å². The van der Waals surface area contributed by atoms with Crippen molar-refractivity contribution in [1.29, 1.82) is 0 Å². The summed E-state index contributed by atoms with van der Waals surface area (Å²) in [6.45, 7) is 1.80. The first-order valence-corrected chi connectivity index (χ1v) is 6.86. The molecule has 2 aliphatic rings. The molecular formula is C14H10N2O2S. The van der Waals surface area contributed by atoms with Gasteiger partial charge in [-0.25, -0.2) is 0 Å². The largest absolute Gasteiger partial charge is 0.453 e. The summed E-state index contributed by atoms with van der Waals surface area (Å²) in [6, 6.07) is 9.71. The molecule has 2 aliphatic heterocycles. The number of nitrogens with zero attached hydrogens (tertiary/aromatic N) is 2. The van der Waals surface area contributed by atoms with Gasteiger partial charge < -0.3 is 9.32 Å². The van der Waals surface area contributed by atoms with Gasteiger partial charge in [-0.2, -0.15) is 0 Å². The minimum absolute atomic E-state index is 0.355. The summed E-state index contributed by atoms with van der Waals surface area (Å²) in [6.07, 6.45) is 0.720. The summed E-state index contributed by atoms with van der Waals surface area (Å²) in [5.41, 5.74) is 2.17. The van der Waals surface area contributed by atoms with Crippen molar-refractivity contribution in [2.24, 2.45) is 4.99 Å². The topological polar surface area (TPSA) is 45.8 Å². The smallest absolute Gasteiger partial charge is 0.185 e. The lowest BCUT2D eigenvalue weighted by Crippen LogP contribution is -2.20. The molecule has 0 aliphatic carbocycles. The van der Waals surface area contributed by atoms with Crippen LogP contribution in [0.4, 0.5) is 5.69 Å². The number of anilines is 1. The molecule has 0 bridgehead atoms. The molecule has 0 N–H and O–H groups in total. The second-order valence-electron chi connectivity index (χ2n) is 4.42. The monoisotopic (exact) mass is 270 g/mol. The summed E-state index contributed by atoms with van der Waals surface area (Å²) in [7, 11) is 0. The van der Waals surface area contributed by atoms with E-state index < -0.39 is 0 Å². The maximum absolute atomic E-state index is 10.7. The van der Waals surface area contributed by atoms with Crippen LogP contribution in [0.2, 0.25) is 0 Å². The molecule has 0 atom stereocenters. The number of furan rings is 1. The van der Waals surface area contributed by atoms with Gasteiger partial charge in [-0.05, 0) is 42.1 Å². The number of carbonyl (C=O) groups is 1. The highest BCUT2D eigenvalue weighted by molar-refractivity contribution is 8.14. The first-order valence-electron chi connectivity index (χ1n) is 6.04. The summed E-state index contributed by atoms with van der Waals surface area (Å²) < 4.78 is 5.47. The fourth-order valence-electron chi connectivity index (χ4n) is 2.38. The van der Waals surface area contributed by atoms with Gasteiger partial charge in [0, 0.05) is 17.0 Å². The number of hydrogen-bond donors (Lipinski definition) is 0. The second kappa shape index (κ2) is 3.99. The number of benzene rings is 1. The number of fused-ring (bicyclic) bond motifs is 3. The summed E-state index contributed by atoms with van der Waals surface area (Å²) in [5, 5.41) is 1.08. The number of rotatable bonds is 2. The number of hydrogen-bond acceptors (Lipinski definition) is 5. The highest BCUT2D eigenvalue weighted by Gasteiger charge is 2.29. The Morgan fingerprint density at radius 1 is 1.32 bits per heavy atom. The van der Waals surface area contributed by atoms with Gasteiger partial charge in [-0.15, -0.1) is 0 Å². The number of thioether (sulfide) groups is 1. The molecule has 94 valence electrons. The molecule has 0 amide bonds. The number of aliphatic imine (C=N–C) groups is 1. The maximum atomic E-state index is 10.7. The predicted molar refractivity (Wildman–Crippen MR) is 75.0 cm³/mol. The van der Waals surface area contributed by atoms with Crippen molar-refractivity contribution in [2.45, 2.75) is 4.90 Å². The molecule has 0 radical (unpaired) electrons. The van der Waals surface area contributed by atoms with Crippen LogP contribution in [0.15, 0.2) is 44.6 Å². The Kier molecular flexibility index (Phi) is 2.29. The van der Waals surface area contributed by atoms with Crippen molar-refractivity contribution >= 4 is 28.9 Å². The first kappa shape index (κ1) is 10.9. The third-order valence-corrected chi connectivity index (χ3v) is 4.38. The van der Waals surface area contributed by atoms with E-state index in [4.69, 9.17) is 4.42 Å². The van der Waals surface area contributed by atoms with E-state index in [1.165, 1.54) is 10.6 Å². The normalized spacial score (nSPS) is 16.2. The van der Waals surface area contributed by atoms with Crippen LogP contribution < -0.4 is 4.90 Å². The Morgan fingerprint density at radius 3 is 3.11 bits per heavy atom. The van der Waals surface area contributed by atoms with Gasteiger partial charge in [0.2, 0.25) is 0 Å². The molecule has 0 spiro atoms. The van der Waals surface area contributed by atoms with E-state index in [-0.39, 0.29) is 0 Å². The van der Waals surface area contributed by atoms with Gasteiger partial charge in [-0.1, -0.05) is 0 Å². The summed E-state index contributed by atoms with van der Waals surface area (Å²) >= 11 is 1.71. The molecule has 4 nitrogen and oxygen atoms in total. The third kappa shape index (κ3) is 1.62. The fourth-order valence-corrected chi connectivity index (χ4v) is 3.44. The van der Waals surface area contributed by atoms with Crippen molar-refractivity contribution < 1.29 is 9.21 Å². The molecule has 0 unspecified atom stereocenters. The van der Waals surface area contributed by atoms with E-state index in [1.807, 2.05) is 12.1 Å². The Bertz CT molecular complexity index is 705. The Balaban J connectivity index is 1.78. The Hall–Kier alpha value is -2.01. The summed E-state index contributed by atoms with van der Waals surface area (Å²) in [5.74, 6) is 1.08. The zero-order valence-electron chi connectivity index (χ0n) is 10.00. The predicted octanol–water partition coefficient (Wildman–Crippen LogP) is 3.04. The van der Waals surface area contributed by atoms with Gasteiger partial charge in [0.25, 0.3) is 0 Å². The lowest BCUT2D eigenvalue weighted by molar-refractivity contribution is 0.110. The van der Waals surface area contributed by atoms with Crippen molar-refractivity contribution in [2.75, 3.05) is 18.0 Å². The van der Waals surface area contributed by atoms with E-state index in [9.17, 15) is 4.79 Å². The van der Waals surface area contributed by atoms with Crippen molar-refractivity contribution in [3.8, 4) is 11.3 Å². The average Bonchev–Trinajstić information content (AvgIpc) is 3.13. The maximum Gasteiger partial charge on any atom is 0.185 e. The highest BCUT2D eigenvalue weighted by atomic mass is 32.2. The molecule has 1 aromatic carbocycles. The molecule has 19 heavy (non-hydrogen) atoms. The zero-order valence-corrected chi connectivity index (χ0v) is 10.8. The highest BCUT2D eigenvalue weighted by Crippen LogP contribution is 2.43. The van der Waals surface area contributed by atoms with Crippen LogP contribution in [0.1, 0.15) is 10.6 Å². The molecule has 3 heterocycles. The number of amidine groups is 1. The minimum Gasteiger partial charge on any atom is -0.453 e. The number of aldehydes is 1. The van der Waals surface area contributed by atoms with Crippen LogP contribution in [-0.4, -0.2) is 24.5 Å². The molecule has 1 aromatic heterocycles. The Morgan fingerprint density at radius 2 is 2.26 bits per heavy atom. The quantitative estimate of drug-likeness (QED) is 0.787. The molecule has 0 saturated heterocycles. The molecule has 0 saturated carbocycles. The molecule has 0 fully saturated rings. The van der Waals surface area contributed by atoms with Crippen molar-refractivity contribution in [3.05, 3.63) is 36.1 Å². The van der Waals surface area contributed by atoms with Crippen LogP contribution in [0.3, 0.4) is 0 Å². The van der Waals surface area contributed by atoms with E-state index in [0.29, 0.717) is 5.76 Å². The second-order valence-corrected chi connectivity index (χ2v) is 5.43. The van der Waals surface area contributed by atoms with E-state index in [0.717, 1.165) is 35.9 Å². The SMILES string of the molecule is O=Cc1ccc(-c2ccc3c(c2)N2CCN=C2S3)o1. The minimum atomic E-state index is 0.355. The standard InChI is InChI=1S/C14H10N2O2S/c17-8-10-2-3-12(18-10)9-1-4-13-11(7-9)16-6-5-15-14(16)19-13/h1-4,7-8H,5-6H2. The van der Waals surface area contributed by atoms with Crippen LogP contribution in [0.5, 0.6) is 0 Å². The fraction of sp³-hybridized carbons (Fsp3) is 0.143. The van der Waals surface area contributed by atoms with Crippen LogP contribution in [-0.2, 0) is 0 Å². The van der Waals surface area contributed by atoms with Crippen molar-refractivity contribution in [3.63, 3.8) is 0 Å². The van der Waals surface area contributed by atoms with Crippen LogP contribution in [0, 0.1) is 0 Å².